The Morgan fingerprint density at radius 1 is 0.527 bits per heavy atom. The average molecular weight is 731 g/mol. The summed E-state index contributed by atoms with van der Waals surface area (Å²) in [4.78, 5) is 14.6. The molecule has 0 saturated carbocycles. The van der Waals surface area contributed by atoms with Gasteiger partial charge in [-0.05, 0) is 66.8 Å². The Morgan fingerprint density at radius 2 is 0.982 bits per heavy atom. The van der Waals surface area contributed by atoms with E-state index < -0.39 is 0 Å². The van der Waals surface area contributed by atoms with Gasteiger partial charge in [0.2, 0.25) is 0 Å². The van der Waals surface area contributed by atoms with E-state index in [0.717, 1.165) is 73.4 Å². The molecule has 2 N–H and O–H groups in total. The number of hydrogen-bond donors (Lipinski definition) is 2. The molecule has 2 aliphatic heterocycles. The summed E-state index contributed by atoms with van der Waals surface area (Å²) >= 11 is 0. The Morgan fingerprint density at radius 3 is 1.47 bits per heavy atom. The van der Waals surface area contributed by atoms with Crippen LogP contribution >= 0.6 is 0 Å². The predicted octanol–water partition coefficient (Wildman–Crippen LogP) is 9.55. The molecule has 0 radical (unpaired) electrons. The highest BCUT2D eigenvalue weighted by Crippen LogP contribution is 2.36. The molecule has 0 saturated heterocycles. The third-order valence-corrected chi connectivity index (χ3v) is 10.3. The van der Waals surface area contributed by atoms with E-state index in [2.05, 4.69) is 47.9 Å². The number of ether oxygens (including phenoxy) is 2. The van der Waals surface area contributed by atoms with Gasteiger partial charge in [-0.2, -0.15) is 0 Å². The van der Waals surface area contributed by atoms with Crippen LogP contribution in [0.1, 0.15) is 50.9 Å². The Kier molecular flexibility index (Phi) is 10.6. The lowest BCUT2D eigenvalue weighted by atomic mass is 10.0. The zero-order valence-electron chi connectivity index (χ0n) is 31.4. The van der Waals surface area contributed by atoms with Crippen LogP contribution in [0.4, 0.5) is 11.4 Å². The van der Waals surface area contributed by atoms with E-state index in [0.29, 0.717) is 63.6 Å². The van der Waals surface area contributed by atoms with E-state index in [-0.39, 0.29) is 11.5 Å². The van der Waals surface area contributed by atoms with Crippen LogP contribution in [-0.2, 0) is 26.2 Å². The maximum Gasteiger partial charge on any atom is 0.128 e. The molecule has 2 atom stereocenters. The molecule has 8 heteroatoms. The summed E-state index contributed by atoms with van der Waals surface area (Å²) in [6.45, 7) is 8.75. The lowest BCUT2D eigenvalue weighted by Crippen LogP contribution is -2.34. The fraction of sp³-hybridized carbons (Fsp3) is 0.234. The first-order valence-electron chi connectivity index (χ1n) is 19.0. The number of rotatable bonds is 0. The summed E-state index contributed by atoms with van der Waals surface area (Å²) < 4.78 is 12.7. The van der Waals surface area contributed by atoms with Gasteiger partial charge in [-0.1, -0.05) is 72.8 Å². The number of aromatic hydroxyl groups is 2. The van der Waals surface area contributed by atoms with Crippen molar-refractivity contribution in [2.45, 2.75) is 46.4 Å². The molecule has 0 fully saturated rings. The average Bonchev–Trinajstić information content (AvgIpc) is 3.19. The van der Waals surface area contributed by atoms with Gasteiger partial charge in [0.1, 0.15) is 23.0 Å². The molecular formula is C47H46N4O4. The third-order valence-electron chi connectivity index (χ3n) is 10.3. The van der Waals surface area contributed by atoms with E-state index in [4.69, 9.17) is 19.5 Å². The first-order valence-corrected chi connectivity index (χ1v) is 19.0. The Balaban J connectivity index is 1.29. The molecule has 8 nitrogen and oxygen atoms in total. The predicted molar refractivity (Wildman–Crippen MR) is 221 cm³/mol. The first-order chi connectivity index (χ1) is 26.9. The molecule has 278 valence electrons. The number of aryl methyl sites for hydroxylation is 2. The SMILES string of the molecule is Cc1cc2c(O)c(c1)CN1CCN(Cc3ccccc3OCCCOc3ccccc3C1)Cc1cc(C)cc(c1O)C=Nc1cccc3cccc(c13)N=C2. The number of fused-ring (bicyclic) bond motifs is 9. The van der Waals surface area contributed by atoms with Crippen molar-refractivity contribution in [2.24, 2.45) is 9.98 Å². The minimum absolute atomic E-state index is 0.213. The largest absolute Gasteiger partial charge is 0.507 e. The standard InChI is InChI=1S/C47H46N4O4/c1-32-22-37-26-48-41-14-7-12-34-13-8-15-42(45(34)41)49-27-38-23-33(2)25-40(47(38)53)31-51-19-18-50(30-39(24-32)46(37)52)28-35-10-3-5-16-43(35)54-20-9-21-55-44-17-6-4-11-36(44)29-51/h3-8,10-17,22-27,52-53H,9,18-21,28-31H2,1-2H3. The van der Waals surface area contributed by atoms with Crippen LogP contribution < -0.4 is 9.47 Å². The highest BCUT2D eigenvalue weighted by molar-refractivity contribution is 6.04. The summed E-state index contributed by atoms with van der Waals surface area (Å²) in [5.74, 6) is 2.12. The van der Waals surface area contributed by atoms with Gasteiger partial charge in [0, 0.05) is 96.9 Å². The van der Waals surface area contributed by atoms with E-state index in [1.54, 1.807) is 12.4 Å². The van der Waals surface area contributed by atoms with Crippen LogP contribution in [-0.4, -0.2) is 58.7 Å². The molecule has 0 aliphatic carbocycles. The fourth-order valence-electron chi connectivity index (χ4n) is 7.65. The topological polar surface area (TPSA) is 90.1 Å². The molecule has 55 heavy (non-hydrogen) atoms. The van der Waals surface area contributed by atoms with E-state index >= 15 is 0 Å². The molecule has 2 aliphatic rings. The number of phenolic OH excluding ortho intramolecular Hbond substituents is 2. The van der Waals surface area contributed by atoms with Crippen LogP contribution in [0.15, 0.2) is 119 Å². The quantitative estimate of drug-likeness (QED) is 0.162. The molecule has 6 aromatic rings. The zero-order valence-corrected chi connectivity index (χ0v) is 31.4. The molecule has 0 aromatic heterocycles. The highest BCUT2D eigenvalue weighted by Gasteiger charge is 2.20. The molecule has 2 heterocycles. The van der Waals surface area contributed by atoms with E-state index in [9.17, 15) is 10.2 Å². The van der Waals surface area contributed by atoms with Crippen molar-refractivity contribution in [3.8, 4) is 23.0 Å². The third kappa shape index (κ3) is 8.26. The second-order valence-electron chi connectivity index (χ2n) is 14.6. The minimum Gasteiger partial charge on any atom is -0.507 e. The van der Waals surface area contributed by atoms with Crippen LogP contribution in [0.5, 0.6) is 23.0 Å². The number of para-hydroxylation sites is 2. The van der Waals surface area contributed by atoms with Crippen LogP contribution in [0.2, 0.25) is 0 Å². The van der Waals surface area contributed by atoms with Gasteiger partial charge < -0.3 is 19.7 Å². The van der Waals surface area contributed by atoms with Crippen molar-refractivity contribution in [3.05, 3.63) is 154 Å². The molecule has 6 bridgehead atoms. The first kappa shape index (κ1) is 36.0. The van der Waals surface area contributed by atoms with Crippen molar-refractivity contribution in [1.82, 2.24) is 9.80 Å². The van der Waals surface area contributed by atoms with Gasteiger partial charge >= 0.3 is 0 Å². The van der Waals surface area contributed by atoms with E-state index in [1.165, 1.54) is 0 Å². The molecule has 8 rings (SSSR count). The van der Waals surface area contributed by atoms with Gasteiger partial charge in [-0.25, -0.2) is 0 Å². The van der Waals surface area contributed by atoms with Gasteiger partial charge in [0.15, 0.2) is 0 Å². The lowest BCUT2D eigenvalue weighted by molar-refractivity contribution is 0.178. The second-order valence-corrected chi connectivity index (χ2v) is 14.6. The minimum atomic E-state index is 0.213. The smallest absolute Gasteiger partial charge is 0.128 e. The van der Waals surface area contributed by atoms with Crippen LogP contribution in [0.3, 0.4) is 0 Å². The number of benzene rings is 6. The molecule has 6 aromatic carbocycles. The molecular weight excluding hydrogens is 685 g/mol. The van der Waals surface area contributed by atoms with Gasteiger partial charge in [0.25, 0.3) is 0 Å². The summed E-state index contributed by atoms with van der Waals surface area (Å²) in [5.41, 5.74) is 8.67. The zero-order chi connectivity index (χ0) is 37.7. The molecule has 0 spiro atoms. The summed E-state index contributed by atoms with van der Waals surface area (Å²) in [6, 6.07) is 36.5. The van der Waals surface area contributed by atoms with Crippen LogP contribution in [0.25, 0.3) is 10.8 Å². The Labute approximate surface area is 322 Å². The van der Waals surface area contributed by atoms with E-state index in [1.807, 2.05) is 84.9 Å². The summed E-state index contributed by atoms with van der Waals surface area (Å²) in [6.07, 6.45) is 4.24. The maximum atomic E-state index is 11.9. The number of hydrogen-bond acceptors (Lipinski definition) is 8. The molecule has 0 amide bonds. The maximum absolute atomic E-state index is 11.9. The Hall–Kier alpha value is -5.96. The van der Waals surface area contributed by atoms with Crippen molar-refractivity contribution < 1.29 is 19.7 Å². The van der Waals surface area contributed by atoms with Gasteiger partial charge in [-0.15, -0.1) is 0 Å². The summed E-state index contributed by atoms with van der Waals surface area (Å²) in [5, 5.41) is 25.6. The summed E-state index contributed by atoms with van der Waals surface area (Å²) in [7, 11) is 0. The van der Waals surface area contributed by atoms with Crippen LogP contribution in [0, 0.1) is 13.8 Å². The fourth-order valence-corrected chi connectivity index (χ4v) is 7.65. The van der Waals surface area contributed by atoms with Crippen molar-refractivity contribution >= 4 is 34.6 Å². The lowest BCUT2D eigenvalue weighted by Gasteiger charge is -2.29. The van der Waals surface area contributed by atoms with Gasteiger partial charge in [-0.3, -0.25) is 19.8 Å². The number of nitrogens with zero attached hydrogens (tertiary/aromatic N) is 4. The number of phenols is 2. The van der Waals surface area contributed by atoms with Crippen molar-refractivity contribution in [2.75, 3.05) is 26.3 Å². The second kappa shape index (κ2) is 16.2. The highest BCUT2D eigenvalue weighted by atomic mass is 16.5. The van der Waals surface area contributed by atoms with Gasteiger partial charge in [0.05, 0.1) is 24.6 Å². The monoisotopic (exact) mass is 730 g/mol. The van der Waals surface area contributed by atoms with Crippen molar-refractivity contribution in [3.63, 3.8) is 0 Å². The molecule has 2 unspecified atom stereocenters. The van der Waals surface area contributed by atoms with Crippen molar-refractivity contribution in [1.29, 1.82) is 0 Å². The Bertz CT molecular complexity index is 2240. The normalized spacial score (nSPS) is 17.6. The number of aliphatic imine (C=N–C) groups is 2.